The number of carbonyl (C=O) groups is 2. The first-order valence-corrected chi connectivity index (χ1v) is 7.89. The zero-order valence-corrected chi connectivity index (χ0v) is 14.0. The molecule has 1 aromatic carbocycles. The second-order valence-electron chi connectivity index (χ2n) is 5.52. The smallest absolute Gasteiger partial charge is 0.254 e. The Labute approximate surface area is 137 Å². The van der Waals surface area contributed by atoms with Crippen molar-refractivity contribution in [3.63, 3.8) is 0 Å². The zero-order valence-electron chi connectivity index (χ0n) is 14.0. The summed E-state index contributed by atoms with van der Waals surface area (Å²) < 4.78 is 10.4. The van der Waals surface area contributed by atoms with Gasteiger partial charge in [0.2, 0.25) is 5.91 Å². The van der Waals surface area contributed by atoms with Gasteiger partial charge < -0.3 is 19.3 Å². The highest BCUT2D eigenvalue weighted by molar-refractivity contribution is 5.95. The van der Waals surface area contributed by atoms with Crippen molar-refractivity contribution in [2.75, 3.05) is 40.4 Å². The van der Waals surface area contributed by atoms with Crippen molar-refractivity contribution in [1.82, 2.24) is 9.80 Å². The molecule has 126 valence electrons. The van der Waals surface area contributed by atoms with Crippen LogP contribution in [0.25, 0.3) is 0 Å². The van der Waals surface area contributed by atoms with Gasteiger partial charge in [-0.15, -0.1) is 0 Å². The molecule has 0 aliphatic carbocycles. The van der Waals surface area contributed by atoms with Crippen LogP contribution < -0.4 is 9.47 Å². The molecule has 1 fully saturated rings. The molecule has 0 aromatic heterocycles. The average molecular weight is 320 g/mol. The average Bonchev–Trinajstić information content (AvgIpc) is 2.60. The van der Waals surface area contributed by atoms with Crippen molar-refractivity contribution in [3.05, 3.63) is 23.8 Å². The van der Waals surface area contributed by atoms with Gasteiger partial charge in [0, 0.05) is 44.2 Å². The topological polar surface area (TPSA) is 59.1 Å². The Bertz CT molecular complexity index is 543. The summed E-state index contributed by atoms with van der Waals surface area (Å²) in [6.07, 6.45) is 1.42. The summed E-state index contributed by atoms with van der Waals surface area (Å²) in [5, 5.41) is 0. The zero-order chi connectivity index (χ0) is 16.8. The Balaban J connectivity index is 2.03. The van der Waals surface area contributed by atoms with Crippen molar-refractivity contribution in [1.29, 1.82) is 0 Å². The normalized spacial score (nSPS) is 14.6. The number of methoxy groups -OCH3 is 2. The fourth-order valence-electron chi connectivity index (χ4n) is 2.64. The molecular weight excluding hydrogens is 296 g/mol. The predicted molar refractivity (Wildman–Crippen MR) is 86.9 cm³/mol. The molecule has 0 spiro atoms. The summed E-state index contributed by atoms with van der Waals surface area (Å²) in [7, 11) is 3.11. The monoisotopic (exact) mass is 320 g/mol. The minimum Gasteiger partial charge on any atom is -0.497 e. The molecule has 2 amide bonds. The minimum absolute atomic E-state index is 0.0650. The molecule has 1 heterocycles. The Morgan fingerprint density at radius 1 is 0.957 bits per heavy atom. The molecule has 6 heteroatoms. The van der Waals surface area contributed by atoms with E-state index in [4.69, 9.17) is 9.47 Å². The Morgan fingerprint density at radius 2 is 1.48 bits per heavy atom. The highest BCUT2D eigenvalue weighted by atomic mass is 16.5. The van der Waals surface area contributed by atoms with Gasteiger partial charge in [-0.1, -0.05) is 6.92 Å². The third-order valence-corrected chi connectivity index (χ3v) is 3.98. The summed E-state index contributed by atoms with van der Waals surface area (Å²) in [6.45, 7) is 4.27. The van der Waals surface area contributed by atoms with E-state index in [1.165, 1.54) is 0 Å². The van der Waals surface area contributed by atoms with Crippen LogP contribution in [0.4, 0.5) is 0 Å². The van der Waals surface area contributed by atoms with E-state index < -0.39 is 0 Å². The molecular formula is C17H24N2O4. The van der Waals surface area contributed by atoms with E-state index in [1.54, 1.807) is 37.3 Å². The molecule has 0 bridgehead atoms. The number of piperazine rings is 1. The molecule has 6 nitrogen and oxygen atoms in total. The fourth-order valence-corrected chi connectivity index (χ4v) is 2.64. The van der Waals surface area contributed by atoms with Gasteiger partial charge in [0.05, 0.1) is 14.2 Å². The number of benzene rings is 1. The summed E-state index contributed by atoms with van der Waals surface area (Å²) >= 11 is 0. The quantitative estimate of drug-likeness (QED) is 0.830. The molecule has 1 aliphatic heterocycles. The van der Waals surface area contributed by atoms with E-state index in [1.807, 2.05) is 11.8 Å². The third kappa shape index (κ3) is 4.15. The highest BCUT2D eigenvalue weighted by Gasteiger charge is 2.25. The second-order valence-corrected chi connectivity index (χ2v) is 5.52. The standard InChI is InChI=1S/C17H24N2O4/c1-4-5-16(20)18-6-8-19(9-7-18)17(21)13-10-14(22-2)12-15(11-13)23-3/h10-12H,4-9H2,1-3H3. The van der Waals surface area contributed by atoms with Crippen LogP contribution in [-0.4, -0.2) is 62.0 Å². The maximum atomic E-state index is 12.6. The lowest BCUT2D eigenvalue weighted by Crippen LogP contribution is -2.50. The second kappa shape index (κ2) is 7.85. The van der Waals surface area contributed by atoms with Crippen LogP contribution in [0.15, 0.2) is 18.2 Å². The first-order valence-electron chi connectivity index (χ1n) is 7.89. The molecule has 1 aromatic rings. The first-order chi connectivity index (χ1) is 11.1. The van der Waals surface area contributed by atoms with E-state index in [0.29, 0.717) is 49.7 Å². The Kier molecular flexibility index (Phi) is 5.84. The SMILES string of the molecule is CCCC(=O)N1CCN(C(=O)c2cc(OC)cc(OC)c2)CC1. The van der Waals surface area contributed by atoms with Gasteiger partial charge >= 0.3 is 0 Å². The van der Waals surface area contributed by atoms with Crippen LogP contribution in [0, 0.1) is 0 Å². The molecule has 2 rings (SSSR count). The predicted octanol–water partition coefficient (Wildman–Crippen LogP) is 1.79. The Morgan fingerprint density at radius 3 is 1.96 bits per heavy atom. The lowest BCUT2D eigenvalue weighted by Gasteiger charge is -2.35. The van der Waals surface area contributed by atoms with E-state index in [2.05, 4.69) is 0 Å². The number of amides is 2. The Hall–Kier alpha value is -2.24. The first kappa shape index (κ1) is 17.1. The molecule has 0 unspecified atom stereocenters. The number of rotatable bonds is 5. The van der Waals surface area contributed by atoms with Gasteiger partial charge in [0.25, 0.3) is 5.91 Å². The molecule has 0 saturated carbocycles. The van der Waals surface area contributed by atoms with Crippen molar-refractivity contribution in [2.24, 2.45) is 0 Å². The van der Waals surface area contributed by atoms with Crippen LogP contribution in [0.5, 0.6) is 11.5 Å². The lowest BCUT2D eigenvalue weighted by atomic mass is 10.1. The van der Waals surface area contributed by atoms with Crippen LogP contribution in [-0.2, 0) is 4.79 Å². The molecule has 0 N–H and O–H groups in total. The van der Waals surface area contributed by atoms with E-state index in [0.717, 1.165) is 6.42 Å². The molecule has 0 radical (unpaired) electrons. The van der Waals surface area contributed by atoms with Gasteiger partial charge in [0.15, 0.2) is 0 Å². The number of nitrogens with zero attached hydrogens (tertiary/aromatic N) is 2. The minimum atomic E-state index is -0.0650. The maximum absolute atomic E-state index is 12.6. The summed E-state index contributed by atoms with van der Waals surface area (Å²) in [5.41, 5.74) is 0.537. The molecule has 1 saturated heterocycles. The van der Waals surface area contributed by atoms with Gasteiger partial charge in [-0.05, 0) is 18.6 Å². The van der Waals surface area contributed by atoms with Gasteiger partial charge in [-0.3, -0.25) is 9.59 Å². The summed E-state index contributed by atoms with van der Waals surface area (Å²) in [5.74, 6) is 1.28. The van der Waals surface area contributed by atoms with Crippen molar-refractivity contribution in [2.45, 2.75) is 19.8 Å². The van der Waals surface area contributed by atoms with E-state index in [9.17, 15) is 9.59 Å². The van der Waals surface area contributed by atoms with Gasteiger partial charge in [-0.25, -0.2) is 0 Å². The van der Waals surface area contributed by atoms with Gasteiger partial charge in [-0.2, -0.15) is 0 Å². The third-order valence-electron chi connectivity index (χ3n) is 3.98. The number of ether oxygens (including phenoxy) is 2. The fraction of sp³-hybridized carbons (Fsp3) is 0.529. The van der Waals surface area contributed by atoms with Crippen LogP contribution in [0.2, 0.25) is 0 Å². The largest absolute Gasteiger partial charge is 0.497 e. The molecule has 0 atom stereocenters. The van der Waals surface area contributed by atoms with Crippen LogP contribution in [0.1, 0.15) is 30.1 Å². The van der Waals surface area contributed by atoms with Crippen LogP contribution >= 0.6 is 0 Å². The lowest BCUT2D eigenvalue weighted by molar-refractivity contribution is -0.132. The number of hydrogen-bond acceptors (Lipinski definition) is 4. The number of carbonyl (C=O) groups excluding carboxylic acids is 2. The maximum Gasteiger partial charge on any atom is 0.254 e. The van der Waals surface area contributed by atoms with Gasteiger partial charge in [0.1, 0.15) is 11.5 Å². The van der Waals surface area contributed by atoms with Crippen molar-refractivity contribution in [3.8, 4) is 11.5 Å². The number of hydrogen-bond donors (Lipinski definition) is 0. The van der Waals surface area contributed by atoms with E-state index >= 15 is 0 Å². The van der Waals surface area contributed by atoms with Crippen molar-refractivity contribution >= 4 is 11.8 Å². The van der Waals surface area contributed by atoms with Crippen LogP contribution in [0.3, 0.4) is 0 Å². The summed E-state index contributed by atoms with van der Waals surface area (Å²) in [6, 6.07) is 5.15. The molecule has 23 heavy (non-hydrogen) atoms. The molecule has 1 aliphatic rings. The van der Waals surface area contributed by atoms with Crippen molar-refractivity contribution < 1.29 is 19.1 Å². The van der Waals surface area contributed by atoms with E-state index in [-0.39, 0.29) is 11.8 Å². The summed E-state index contributed by atoms with van der Waals surface area (Å²) in [4.78, 5) is 28.2. The highest BCUT2D eigenvalue weighted by Crippen LogP contribution is 2.23.